The summed E-state index contributed by atoms with van der Waals surface area (Å²) in [4.78, 5) is 0. The molecule has 1 atom stereocenters. The number of hydrogen-bond donors (Lipinski definition) is 2. The Hall–Kier alpha value is -0.910. The average molecular weight is 268 g/mol. The van der Waals surface area contributed by atoms with Gasteiger partial charge in [-0.2, -0.15) is 0 Å². The van der Waals surface area contributed by atoms with Crippen LogP contribution in [0.3, 0.4) is 0 Å². The van der Waals surface area contributed by atoms with E-state index in [2.05, 4.69) is 10.0 Å². The second-order valence-electron chi connectivity index (χ2n) is 4.95. The van der Waals surface area contributed by atoms with Crippen molar-refractivity contribution in [2.45, 2.75) is 19.9 Å². The molecule has 0 aliphatic carbocycles. The van der Waals surface area contributed by atoms with Crippen LogP contribution in [-0.2, 0) is 16.6 Å². The van der Waals surface area contributed by atoms with E-state index < -0.39 is 10.0 Å². The summed E-state index contributed by atoms with van der Waals surface area (Å²) in [5.74, 6) is 0.478. The summed E-state index contributed by atoms with van der Waals surface area (Å²) >= 11 is 0. The number of hydrogen-bond acceptors (Lipinski definition) is 3. The Morgan fingerprint density at radius 3 is 2.94 bits per heavy atom. The predicted molar refractivity (Wildman–Crippen MR) is 72.8 cm³/mol. The molecule has 2 N–H and O–H groups in total. The minimum atomic E-state index is -3.17. The molecule has 2 rings (SSSR count). The van der Waals surface area contributed by atoms with Crippen molar-refractivity contribution in [2.24, 2.45) is 5.92 Å². The Kier molecular flexibility index (Phi) is 4.37. The average Bonchev–Trinajstić information content (AvgIpc) is 2.79. The molecular weight excluding hydrogens is 248 g/mol. The molecule has 1 heterocycles. The first-order valence-electron chi connectivity index (χ1n) is 6.29. The van der Waals surface area contributed by atoms with Crippen molar-refractivity contribution in [2.75, 3.05) is 18.8 Å². The van der Waals surface area contributed by atoms with E-state index in [1.54, 1.807) is 0 Å². The summed E-state index contributed by atoms with van der Waals surface area (Å²) < 4.78 is 26.5. The smallest absolute Gasteiger partial charge is 0.212 e. The lowest BCUT2D eigenvalue weighted by Crippen LogP contribution is -2.30. The number of sulfonamides is 1. The van der Waals surface area contributed by atoms with Crippen LogP contribution in [0.5, 0.6) is 0 Å². The van der Waals surface area contributed by atoms with Crippen molar-refractivity contribution >= 4 is 10.0 Å². The maximum Gasteiger partial charge on any atom is 0.212 e. The summed E-state index contributed by atoms with van der Waals surface area (Å²) in [5.41, 5.74) is 2.15. The lowest BCUT2D eigenvalue weighted by atomic mass is 10.1. The molecule has 0 radical (unpaired) electrons. The van der Waals surface area contributed by atoms with Crippen LogP contribution in [0.25, 0.3) is 0 Å². The summed E-state index contributed by atoms with van der Waals surface area (Å²) in [6.45, 7) is 4.12. The standard InChI is InChI=1S/C13H20N2O2S/c1-11-3-2-4-12(7-11)9-15-18(16,17)10-13-5-6-14-8-13/h2-4,7,13-15H,5-6,8-10H2,1H3. The quantitative estimate of drug-likeness (QED) is 0.838. The fraction of sp³-hybridized carbons (Fsp3) is 0.538. The SMILES string of the molecule is Cc1cccc(CNS(=O)(=O)CC2CCNC2)c1. The van der Waals surface area contributed by atoms with Crippen molar-refractivity contribution in [1.82, 2.24) is 10.0 Å². The molecule has 1 aliphatic heterocycles. The first-order valence-corrected chi connectivity index (χ1v) is 7.94. The van der Waals surface area contributed by atoms with Crippen LogP contribution in [0.2, 0.25) is 0 Å². The lowest BCUT2D eigenvalue weighted by Gasteiger charge is -2.11. The van der Waals surface area contributed by atoms with E-state index in [-0.39, 0.29) is 11.7 Å². The van der Waals surface area contributed by atoms with E-state index in [1.165, 1.54) is 0 Å². The monoisotopic (exact) mass is 268 g/mol. The Morgan fingerprint density at radius 2 is 2.28 bits per heavy atom. The molecule has 0 spiro atoms. The zero-order valence-electron chi connectivity index (χ0n) is 10.6. The van der Waals surface area contributed by atoms with Crippen LogP contribution < -0.4 is 10.0 Å². The number of rotatable bonds is 5. The van der Waals surface area contributed by atoms with Crippen molar-refractivity contribution < 1.29 is 8.42 Å². The van der Waals surface area contributed by atoms with Gasteiger partial charge in [-0.25, -0.2) is 13.1 Å². The molecule has 0 aromatic heterocycles. The minimum Gasteiger partial charge on any atom is -0.316 e. The molecule has 1 aromatic carbocycles. The van der Waals surface area contributed by atoms with E-state index in [4.69, 9.17) is 0 Å². The largest absolute Gasteiger partial charge is 0.316 e. The van der Waals surface area contributed by atoms with Crippen molar-refractivity contribution in [3.05, 3.63) is 35.4 Å². The molecule has 5 heteroatoms. The van der Waals surface area contributed by atoms with Gasteiger partial charge in [0.05, 0.1) is 5.75 Å². The summed E-state index contributed by atoms with van der Waals surface area (Å²) in [5, 5.41) is 3.18. The second-order valence-corrected chi connectivity index (χ2v) is 6.80. The van der Waals surface area contributed by atoms with E-state index in [9.17, 15) is 8.42 Å². The molecule has 1 fully saturated rings. The highest BCUT2D eigenvalue weighted by molar-refractivity contribution is 7.89. The van der Waals surface area contributed by atoms with Crippen LogP contribution in [0, 0.1) is 12.8 Å². The zero-order chi connectivity index (χ0) is 13.0. The Balaban J connectivity index is 1.88. The lowest BCUT2D eigenvalue weighted by molar-refractivity contribution is 0.557. The van der Waals surface area contributed by atoms with Gasteiger partial charge in [-0.1, -0.05) is 29.8 Å². The van der Waals surface area contributed by atoms with Gasteiger partial charge in [-0.05, 0) is 37.9 Å². The summed E-state index contributed by atoms with van der Waals surface area (Å²) in [7, 11) is -3.17. The van der Waals surface area contributed by atoms with Gasteiger partial charge in [0.1, 0.15) is 0 Å². The van der Waals surface area contributed by atoms with Crippen LogP contribution in [0.1, 0.15) is 17.5 Å². The third-order valence-corrected chi connectivity index (χ3v) is 4.69. The van der Waals surface area contributed by atoms with Gasteiger partial charge in [0.25, 0.3) is 0 Å². The van der Waals surface area contributed by atoms with E-state index in [0.29, 0.717) is 6.54 Å². The predicted octanol–water partition coefficient (Wildman–Crippen LogP) is 1.02. The Bertz CT molecular complexity index is 493. The topological polar surface area (TPSA) is 58.2 Å². The number of aryl methyl sites for hydroxylation is 1. The number of nitrogens with one attached hydrogen (secondary N) is 2. The highest BCUT2D eigenvalue weighted by atomic mass is 32.2. The van der Waals surface area contributed by atoms with E-state index in [0.717, 1.165) is 30.6 Å². The molecule has 0 bridgehead atoms. The molecule has 0 saturated carbocycles. The fourth-order valence-electron chi connectivity index (χ4n) is 2.24. The van der Waals surface area contributed by atoms with Gasteiger partial charge in [-0.15, -0.1) is 0 Å². The maximum absolute atomic E-state index is 11.9. The van der Waals surface area contributed by atoms with Crippen LogP contribution in [0.4, 0.5) is 0 Å². The van der Waals surface area contributed by atoms with Gasteiger partial charge >= 0.3 is 0 Å². The van der Waals surface area contributed by atoms with Crippen molar-refractivity contribution in [1.29, 1.82) is 0 Å². The van der Waals surface area contributed by atoms with Crippen molar-refractivity contribution in [3.63, 3.8) is 0 Å². The normalized spacial score (nSPS) is 20.2. The fourth-order valence-corrected chi connectivity index (χ4v) is 3.65. The number of benzene rings is 1. The van der Waals surface area contributed by atoms with Gasteiger partial charge < -0.3 is 5.32 Å². The first kappa shape index (κ1) is 13.5. The molecule has 1 saturated heterocycles. The zero-order valence-corrected chi connectivity index (χ0v) is 11.5. The van der Waals surface area contributed by atoms with Crippen molar-refractivity contribution in [3.8, 4) is 0 Å². The Morgan fingerprint density at radius 1 is 1.44 bits per heavy atom. The first-order chi connectivity index (χ1) is 8.55. The molecular formula is C13H20N2O2S. The summed E-state index contributed by atoms with van der Waals surface area (Å²) in [6, 6.07) is 7.88. The van der Waals surface area contributed by atoms with E-state index >= 15 is 0 Å². The molecule has 18 heavy (non-hydrogen) atoms. The molecule has 100 valence electrons. The summed E-state index contributed by atoms with van der Waals surface area (Å²) in [6.07, 6.45) is 0.950. The van der Waals surface area contributed by atoms with Crippen LogP contribution in [-0.4, -0.2) is 27.3 Å². The van der Waals surface area contributed by atoms with Gasteiger partial charge in [0.2, 0.25) is 10.0 Å². The minimum absolute atomic E-state index is 0.228. The van der Waals surface area contributed by atoms with Gasteiger partial charge in [-0.3, -0.25) is 0 Å². The molecule has 1 aliphatic rings. The molecule has 4 nitrogen and oxygen atoms in total. The van der Waals surface area contributed by atoms with Crippen LogP contribution >= 0.6 is 0 Å². The maximum atomic E-state index is 11.9. The Labute approximate surface area is 109 Å². The van der Waals surface area contributed by atoms with Crippen LogP contribution in [0.15, 0.2) is 24.3 Å². The highest BCUT2D eigenvalue weighted by Gasteiger charge is 2.21. The molecule has 0 amide bonds. The third kappa shape index (κ3) is 4.08. The third-order valence-electron chi connectivity index (χ3n) is 3.20. The van der Waals surface area contributed by atoms with E-state index in [1.807, 2.05) is 31.2 Å². The van der Waals surface area contributed by atoms with Gasteiger partial charge in [0, 0.05) is 6.54 Å². The molecule has 1 unspecified atom stereocenters. The second kappa shape index (κ2) is 5.82. The van der Waals surface area contributed by atoms with Gasteiger partial charge in [0.15, 0.2) is 0 Å². The highest BCUT2D eigenvalue weighted by Crippen LogP contribution is 2.10. The molecule has 1 aromatic rings.